The second-order valence-corrected chi connectivity index (χ2v) is 8.96. The first-order chi connectivity index (χ1) is 14.1. The summed E-state index contributed by atoms with van der Waals surface area (Å²) in [6.45, 7) is -1.96. The Balaban J connectivity index is 2.32. The molecule has 17 nitrogen and oxygen atoms in total. The first-order valence-electron chi connectivity index (χ1n) is 8.48. The second kappa shape index (κ2) is 10.1. The Morgan fingerprint density at radius 2 is 1.45 bits per heavy atom. The van der Waals surface area contributed by atoms with Crippen LogP contribution in [0.25, 0.3) is 0 Å². The van der Waals surface area contributed by atoms with E-state index in [2.05, 4.69) is 4.18 Å². The van der Waals surface area contributed by atoms with E-state index in [1.54, 1.807) is 0 Å². The van der Waals surface area contributed by atoms with E-state index in [9.17, 15) is 47.5 Å². The number of hydrogen-bond acceptors (Lipinski definition) is 14. The molecule has 31 heavy (non-hydrogen) atoms. The standard InChI is InChI=1S/C12H23NO16S2/c14-1-3-6(15)7(16)5(13-30(20,21)22)12(28-3)29-10-4(2-26-31(23,24)25)27-11(19)9(18)8(10)17/h3-19H,1-2H2,(H,20,21,22)(H,23,24,25)/t3-,4-,5-,6-,7-,8-,9-,10-,11-,12-/m1/s1. The molecular formula is C12H23NO16S2. The normalized spacial score (nSPS) is 42.5. The molecule has 0 spiro atoms. The van der Waals surface area contributed by atoms with Gasteiger partial charge in [0.05, 0.1) is 13.2 Å². The SMILES string of the molecule is O=S(=O)(O)N[C@H]1[C@@H](O[C@H]2[C@H](O)[C@@H](O)[C@H](O)O[C@@H]2COS(=O)(=O)O)O[C@H](CO)[C@@H](O)[C@@H]1O. The average molecular weight is 501 g/mol. The van der Waals surface area contributed by atoms with Gasteiger partial charge in [-0.2, -0.15) is 21.6 Å². The number of hydrogen-bond donors (Lipinski definition) is 9. The molecule has 0 bridgehead atoms. The van der Waals surface area contributed by atoms with Crippen LogP contribution >= 0.6 is 0 Å². The van der Waals surface area contributed by atoms with Crippen LogP contribution in [0, 0.1) is 0 Å². The van der Waals surface area contributed by atoms with Crippen molar-refractivity contribution in [2.24, 2.45) is 0 Å². The van der Waals surface area contributed by atoms with E-state index in [1.807, 2.05) is 0 Å². The molecule has 0 aliphatic carbocycles. The summed E-state index contributed by atoms with van der Waals surface area (Å²) < 4.78 is 82.7. The summed E-state index contributed by atoms with van der Waals surface area (Å²) in [6, 6.07) is -1.94. The molecular weight excluding hydrogens is 478 g/mol. The quantitative estimate of drug-likeness (QED) is 0.140. The van der Waals surface area contributed by atoms with Crippen LogP contribution in [0.15, 0.2) is 0 Å². The summed E-state index contributed by atoms with van der Waals surface area (Å²) in [5.41, 5.74) is 0. The van der Waals surface area contributed by atoms with Gasteiger partial charge in [0, 0.05) is 0 Å². The van der Waals surface area contributed by atoms with Gasteiger partial charge in [-0.15, -0.1) is 0 Å². The first-order valence-corrected chi connectivity index (χ1v) is 11.3. The van der Waals surface area contributed by atoms with Gasteiger partial charge in [-0.1, -0.05) is 0 Å². The van der Waals surface area contributed by atoms with Crippen LogP contribution in [-0.2, 0) is 39.1 Å². The third-order valence-electron chi connectivity index (χ3n) is 4.50. The Bertz CT molecular complexity index is 805. The Morgan fingerprint density at radius 1 is 0.839 bits per heavy atom. The van der Waals surface area contributed by atoms with Crippen LogP contribution < -0.4 is 4.72 Å². The van der Waals surface area contributed by atoms with E-state index in [-0.39, 0.29) is 0 Å². The van der Waals surface area contributed by atoms with Gasteiger partial charge in [0.1, 0.15) is 48.8 Å². The summed E-state index contributed by atoms with van der Waals surface area (Å²) in [5, 5.41) is 59.0. The lowest BCUT2D eigenvalue weighted by molar-refractivity contribution is -0.340. The van der Waals surface area contributed by atoms with E-state index in [0.29, 0.717) is 0 Å². The third kappa shape index (κ3) is 6.93. The van der Waals surface area contributed by atoms with Gasteiger partial charge in [-0.3, -0.25) is 9.11 Å². The van der Waals surface area contributed by atoms with E-state index < -0.39 is 95.3 Å². The molecule has 184 valence electrons. The lowest BCUT2D eigenvalue weighted by Crippen LogP contribution is -2.67. The summed E-state index contributed by atoms with van der Waals surface area (Å²) in [4.78, 5) is 0. The minimum atomic E-state index is -5.02. The van der Waals surface area contributed by atoms with Crippen LogP contribution in [0.3, 0.4) is 0 Å². The Hall–Kier alpha value is -0.620. The summed E-state index contributed by atoms with van der Waals surface area (Å²) in [7, 11) is -10.0. The van der Waals surface area contributed by atoms with E-state index >= 15 is 0 Å². The fourth-order valence-corrected chi connectivity index (χ4v) is 3.93. The van der Waals surface area contributed by atoms with Gasteiger partial charge < -0.3 is 44.8 Å². The molecule has 0 saturated carbocycles. The minimum absolute atomic E-state index is 0.892. The number of ether oxygens (including phenoxy) is 3. The fourth-order valence-electron chi connectivity index (χ4n) is 3.03. The van der Waals surface area contributed by atoms with Crippen molar-refractivity contribution >= 4 is 20.7 Å². The summed E-state index contributed by atoms with van der Waals surface area (Å²) in [6.07, 6.45) is -17.1. The monoisotopic (exact) mass is 501 g/mol. The number of rotatable bonds is 8. The molecule has 2 rings (SSSR count). The molecule has 19 heteroatoms. The topological polar surface area (TPSA) is 279 Å². The predicted molar refractivity (Wildman–Crippen MR) is 91.5 cm³/mol. The third-order valence-corrected chi connectivity index (χ3v) is 5.50. The minimum Gasteiger partial charge on any atom is -0.394 e. The van der Waals surface area contributed by atoms with Crippen molar-refractivity contribution in [1.82, 2.24) is 4.72 Å². The highest BCUT2D eigenvalue weighted by Gasteiger charge is 2.51. The second-order valence-electron chi connectivity index (χ2n) is 6.68. The van der Waals surface area contributed by atoms with Crippen molar-refractivity contribution in [1.29, 1.82) is 0 Å². The Labute approximate surface area is 175 Å². The number of aliphatic hydroxyl groups excluding tert-OH is 6. The molecule has 2 heterocycles. The van der Waals surface area contributed by atoms with Crippen LogP contribution in [0.5, 0.6) is 0 Å². The molecule has 2 saturated heterocycles. The molecule has 0 amide bonds. The van der Waals surface area contributed by atoms with Gasteiger partial charge in [0.2, 0.25) is 0 Å². The van der Waals surface area contributed by atoms with Crippen molar-refractivity contribution in [2.45, 2.75) is 61.3 Å². The van der Waals surface area contributed by atoms with Crippen LogP contribution in [-0.4, -0.2) is 131 Å². The summed E-state index contributed by atoms with van der Waals surface area (Å²) >= 11 is 0. The number of aliphatic hydroxyl groups is 6. The molecule has 9 N–H and O–H groups in total. The molecule has 0 aromatic carbocycles. The molecule has 2 fully saturated rings. The highest BCUT2D eigenvalue weighted by molar-refractivity contribution is 7.83. The van der Waals surface area contributed by atoms with Crippen molar-refractivity contribution in [3.63, 3.8) is 0 Å². The van der Waals surface area contributed by atoms with Crippen LogP contribution in [0.2, 0.25) is 0 Å². The van der Waals surface area contributed by atoms with Crippen molar-refractivity contribution in [3.05, 3.63) is 0 Å². The maximum Gasteiger partial charge on any atom is 0.397 e. The van der Waals surface area contributed by atoms with E-state index in [0.717, 1.165) is 0 Å². The molecule has 0 unspecified atom stereocenters. The van der Waals surface area contributed by atoms with E-state index in [1.165, 1.54) is 4.72 Å². The molecule has 0 aromatic rings. The van der Waals surface area contributed by atoms with Gasteiger partial charge in [0.25, 0.3) is 0 Å². The maximum absolute atomic E-state index is 11.2. The van der Waals surface area contributed by atoms with Crippen molar-refractivity contribution in [3.8, 4) is 0 Å². The lowest BCUT2D eigenvalue weighted by Gasteiger charge is -2.46. The zero-order valence-electron chi connectivity index (χ0n) is 15.3. The molecule has 0 radical (unpaired) electrons. The first kappa shape index (κ1) is 26.6. The smallest absolute Gasteiger partial charge is 0.394 e. The van der Waals surface area contributed by atoms with Gasteiger partial charge in [-0.25, -0.2) is 4.18 Å². The van der Waals surface area contributed by atoms with Crippen molar-refractivity contribution < 1.29 is 75.0 Å². The molecule has 2 aliphatic rings. The summed E-state index contributed by atoms with van der Waals surface area (Å²) in [5.74, 6) is 0. The average Bonchev–Trinajstić information content (AvgIpc) is 2.64. The van der Waals surface area contributed by atoms with Gasteiger partial charge >= 0.3 is 20.7 Å². The zero-order chi connectivity index (χ0) is 23.7. The van der Waals surface area contributed by atoms with Crippen LogP contribution in [0.1, 0.15) is 0 Å². The fraction of sp³-hybridized carbons (Fsp3) is 1.00. The Kier molecular flexibility index (Phi) is 8.68. The zero-order valence-corrected chi connectivity index (χ0v) is 17.0. The Morgan fingerprint density at radius 3 is 1.97 bits per heavy atom. The van der Waals surface area contributed by atoms with E-state index in [4.69, 9.17) is 23.3 Å². The molecule has 10 atom stereocenters. The maximum atomic E-state index is 11.2. The lowest BCUT2D eigenvalue weighted by atomic mass is 9.96. The highest BCUT2D eigenvalue weighted by Crippen LogP contribution is 2.29. The van der Waals surface area contributed by atoms with Gasteiger partial charge in [-0.05, 0) is 0 Å². The molecule has 0 aromatic heterocycles. The number of nitrogens with one attached hydrogen (secondary N) is 1. The molecule has 2 aliphatic heterocycles. The van der Waals surface area contributed by atoms with Crippen LogP contribution in [0.4, 0.5) is 0 Å². The predicted octanol–water partition coefficient (Wildman–Crippen LogP) is -6.17. The van der Waals surface area contributed by atoms with Gasteiger partial charge in [0.15, 0.2) is 12.6 Å². The van der Waals surface area contributed by atoms with Crippen molar-refractivity contribution in [2.75, 3.05) is 13.2 Å². The largest absolute Gasteiger partial charge is 0.397 e. The highest BCUT2D eigenvalue weighted by atomic mass is 32.3.